The molecule has 0 radical (unpaired) electrons. The maximum absolute atomic E-state index is 13.4. The van der Waals surface area contributed by atoms with Crippen LogP contribution in [0.2, 0.25) is 0 Å². The van der Waals surface area contributed by atoms with Gasteiger partial charge in [-0.25, -0.2) is 9.78 Å². The maximum atomic E-state index is 13.4. The van der Waals surface area contributed by atoms with Gasteiger partial charge in [-0.1, -0.05) is 6.07 Å². The fraction of sp³-hybridized carbons (Fsp3) is 0.120. The lowest BCUT2D eigenvalue weighted by Gasteiger charge is -2.14. The van der Waals surface area contributed by atoms with Gasteiger partial charge >= 0.3 is 11.9 Å². The zero-order valence-corrected chi connectivity index (χ0v) is 18.6. The molecule has 1 aromatic carbocycles. The minimum atomic E-state index is -4.63. The van der Waals surface area contributed by atoms with Crippen molar-refractivity contribution < 1.29 is 18.0 Å². The van der Waals surface area contributed by atoms with E-state index in [0.29, 0.717) is 22.5 Å². The van der Waals surface area contributed by atoms with Gasteiger partial charge in [0, 0.05) is 30.1 Å². The van der Waals surface area contributed by atoms with Crippen LogP contribution in [0, 0.1) is 0 Å². The van der Waals surface area contributed by atoms with Gasteiger partial charge in [-0.2, -0.15) is 13.2 Å². The van der Waals surface area contributed by atoms with Crippen LogP contribution in [-0.4, -0.2) is 30.3 Å². The molecule has 0 saturated heterocycles. The number of pyridine rings is 3. The third-order valence-electron chi connectivity index (χ3n) is 5.56. The van der Waals surface area contributed by atoms with Crippen molar-refractivity contribution in [1.29, 1.82) is 0 Å². The Labute approximate surface area is 200 Å². The molecule has 0 aliphatic rings. The molecular weight excluding hydrogens is 475 g/mol. The predicted molar refractivity (Wildman–Crippen MR) is 126 cm³/mol. The zero-order valence-electron chi connectivity index (χ0n) is 18.6. The van der Waals surface area contributed by atoms with E-state index in [1.807, 2.05) is 0 Å². The van der Waals surface area contributed by atoms with Crippen LogP contribution in [-0.2, 0) is 17.4 Å². The van der Waals surface area contributed by atoms with Gasteiger partial charge in [0.15, 0.2) is 0 Å². The van der Waals surface area contributed by atoms with E-state index >= 15 is 0 Å². The number of nitrogens with zero attached hydrogens (tertiary/aromatic N) is 4. The van der Waals surface area contributed by atoms with Crippen molar-refractivity contribution in [3.05, 3.63) is 93.0 Å². The third-order valence-corrected chi connectivity index (χ3v) is 5.56. The van der Waals surface area contributed by atoms with Crippen LogP contribution >= 0.6 is 0 Å². The van der Waals surface area contributed by atoms with Gasteiger partial charge in [-0.05, 0) is 49.4 Å². The summed E-state index contributed by atoms with van der Waals surface area (Å²) in [6.07, 6.45) is -1.66. The Balaban J connectivity index is 1.78. The summed E-state index contributed by atoms with van der Waals surface area (Å²) in [7, 11) is 0. The Morgan fingerprint density at radius 3 is 2.53 bits per heavy atom. The highest BCUT2D eigenvalue weighted by atomic mass is 19.4. The van der Waals surface area contributed by atoms with Crippen LogP contribution in [0.3, 0.4) is 0 Å². The van der Waals surface area contributed by atoms with Crippen LogP contribution < -0.4 is 11.2 Å². The molecule has 0 atom stereocenters. The highest BCUT2D eigenvalue weighted by Gasteiger charge is 2.31. The number of ketones is 1. The Morgan fingerprint density at radius 1 is 1.03 bits per heavy atom. The number of halogens is 3. The van der Waals surface area contributed by atoms with E-state index in [0.717, 1.165) is 16.7 Å². The lowest BCUT2D eigenvalue weighted by Crippen LogP contribution is -2.29. The van der Waals surface area contributed by atoms with Gasteiger partial charge in [0.25, 0.3) is 5.56 Å². The molecule has 0 aliphatic heterocycles. The van der Waals surface area contributed by atoms with Gasteiger partial charge in [-0.15, -0.1) is 0 Å². The van der Waals surface area contributed by atoms with E-state index in [1.54, 1.807) is 24.3 Å². The lowest BCUT2D eigenvalue weighted by molar-refractivity contribution is -0.137. The summed E-state index contributed by atoms with van der Waals surface area (Å²) in [5.74, 6) is -0.0330. The van der Waals surface area contributed by atoms with E-state index in [1.165, 1.54) is 31.5 Å². The normalized spacial score (nSPS) is 11.8. The van der Waals surface area contributed by atoms with Crippen molar-refractivity contribution in [2.75, 3.05) is 0 Å². The monoisotopic (exact) mass is 491 g/mol. The molecule has 11 heteroatoms. The molecule has 0 fully saturated rings. The summed E-state index contributed by atoms with van der Waals surface area (Å²) in [4.78, 5) is 52.0. The number of carbonyl (C=O) groups excluding carboxylic acids is 1. The molecule has 0 amide bonds. The van der Waals surface area contributed by atoms with Gasteiger partial charge < -0.3 is 0 Å². The molecule has 0 aliphatic carbocycles. The summed E-state index contributed by atoms with van der Waals surface area (Å²) in [6, 6.07) is 10.9. The SMILES string of the molecule is CC(=O)Cc1ccc(-c2ccc3ncc4c(=O)[nH]c(=O)n(-c5cccc(C(F)(F)F)c5)c4c3n2)cn1. The summed E-state index contributed by atoms with van der Waals surface area (Å²) in [5.41, 5.74) is -0.574. The average Bonchev–Trinajstić information content (AvgIpc) is 2.83. The second-order valence-corrected chi connectivity index (χ2v) is 8.14. The third kappa shape index (κ3) is 4.15. The number of H-pyrrole nitrogens is 1. The number of aromatic nitrogens is 5. The largest absolute Gasteiger partial charge is 0.416 e. The standard InChI is InChI=1S/C25H16F3N5O3/c1-13(34)9-16-6-5-14(11-29-16)19-7-8-20-21(31-19)22-18(12-30-20)23(35)32-24(36)33(22)17-4-2-3-15(10-17)25(26,27)28/h2-8,10-12H,9H2,1H3,(H,32,35,36). The van der Waals surface area contributed by atoms with E-state index in [-0.39, 0.29) is 34.3 Å². The maximum Gasteiger partial charge on any atom is 0.416 e. The summed E-state index contributed by atoms with van der Waals surface area (Å²) < 4.78 is 41.1. The number of alkyl halides is 3. The number of fused-ring (bicyclic) bond motifs is 3. The number of aromatic amines is 1. The number of hydrogen-bond donors (Lipinski definition) is 1. The molecular formula is C25H16F3N5O3. The van der Waals surface area contributed by atoms with Crippen molar-refractivity contribution in [3.63, 3.8) is 0 Å². The van der Waals surface area contributed by atoms with Crippen LogP contribution in [0.4, 0.5) is 13.2 Å². The zero-order chi connectivity index (χ0) is 25.6. The number of Topliss-reactive ketones (excluding diaryl/α,β-unsaturated/α-hetero) is 1. The van der Waals surface area contributed by atoms with Crippen LogP contribution in [0.25, 0.3) is 38.9 Å². The van der Waals surface area contributed by atoms with Gasteiger partial charge in [0.2, 0.25) is 0 Å². The molecule has 0 spiro atoms. The highest BCUT2D eigenvalue weighted by Crippen LogP contribution is 2.31. The Kier molecular flexibility index (Phi) is 5.47. The molecule has 180 valence electrons. The molecule has 8 nitrogen and oxygen atoms in total. The predicted octanol–water partition coefficient (Wildman–Crippen LogP) is 3.83. The molecule has 1 N–H and O–H groups in total. The number of hydrogen-bond acceptors (Lipinski definition) is 6. The first-order chi connectivity index (χ1) is 17.1. The van der Waals surface area contributed by atoms with Crippen molar-refractivity contribution in [2.45, 2.75) is 19.5 Å². The average molecular weight is 491 g/mol. The summed E-state index contributed by atoms with van der Waals surface area (Å²) in [5, 5.41) is -0.0147. The molecule has 36 heavy (non-hydrogen) atoms. The summed E-state index contributed by atoms with van der Waals surface area (Å²) in [6.45, 7) is 1.46. The van der Waals surface area contributed by atoms with E-state index < -0.39 is 23.0 Å². The Bertz CT molecular complexity index is 1770. The minimum Gasteiger partial charge on any atom is -0.300 e. The lowest BCUT2D eigenvalue weighted by atomic mass is 10.1. The Morgan fingerprint density at radius 2 is 1.83 bits per heavy atom. The van der Waals surface area contributed by atoms with Gasteiger partial charge in [-0.3, -0.25) is 29.1 Å². The molecule has 0 bridgehead atoms. The minimum absolute atomic E-state index is 0.0147. The summed E-state index contributed by atoms with van der Waals surface area (Å²) >= 11 is 0. The van der Waals surface area contributed by atoms with E-state index in [4.69, 9.17) is 0 Å². The van der Waals surface area contributed by atoms with Crippen LogP contribution in [0.1, 0.15) is 18.2 Å². The molecule has 4 heterocycles. The molecule has 5 aromatic rings. The highest BCUT2D eigenvalue weighted by molar-refractivity contribution is 6.01. The van der Waals surface area contributed by atoms with Crippen molar-refractivity contribution >= 4 is 27.7 Å². The number of rotatable bonds is 4. The molecule has 4 aromatic heterocycles. The molecule has 0 saturated carbocycles. The number of benzene rings is 1. The number of nitrogens with one attached hydrogen (secondary N) is 1. The topological polar surface area (TPSA) is 111 Å². The first-order valence-electron chi connectivity index (χ1n) is 10.7. The van der Waals surface area contributed by atoms with Crippen LogP contribution in [0.5, 0.6) is 0 Å². The van der Waals surface area contributed by atoms with Gasteiger partial charge in [0.05, 0.1) is 33.4 Å². The molecule has 0 unspecified atom stereocenters. The molecule has 5 rings (SSSR count). The quantitative estimate of drug-likeness (QED) is 0.383. The first kappa shape index (κ1) is 23.1. The van der Waals surface area contributed by atoms with Crippen molar-refractivity contribution in [1.82, 2.24) is 24.5 Å². The number of carbonyl (C=O) groups is 1. The second-order valence-electron chi connectivity index (χ2n) is 8.14. The van der Waals surface area contributed by atoms with Crippen LogP contribution in [0.15, 0.2) is 70.5 Å². The van der Waals surface area contributed by atoms with Crippen molar-refractivity contribution in [3.8, 4) is 16.9 Å². The van der Waals surface area contributed by atoms with Crippen molar-refractivity contribution in [2.24, 2.45) is 0 Å². The van der Waals surface area contributed by atoms with Gasteiger partial charge in [0.1, 0.15) is 11.3 Å². The van der Waals surface area contributed by atoms with E-state index in [9.17, 15) is 27.6 Å². The second kappa shape index (κ2) is 8.52. The fourth-order valence-corrected chi connectivity index (χ4v) is 3.93. The van der Waals surface area contributed by atoms with E-state index in [2.05, 4.69) is 19.9 Å². The smallest absolute Gasteiger partial charge is 0.300 e. The fourth-order valence-electron chi connectivity index (χ4n) is 3.93. The Hall–Kier alpha value is -4.67. The first-order valence-corrected chi connectivity index (χ1v) is 10.7.